The third kappa shape index (κ3) is 1.61. The molecule has 1 fully saturated rings. The van der Waals surface area contributed by atoms with Gasteiger partial charge in [0, 0.05) is 5.41 Å². The number of aromatic hydroxyl groups is 1. The van der Waals surface area contributed by atoms with Gasteiger partial charge in [-0.2, -0.15) is 0 Å². The van der Waals surface area contributed by atoms with E-state index in [0.29, 0.717) is 11.7 Å². The molecule has 20 heavy (non-hydrogen) atoms. The van der Waals surface area contributed by atoms with E-state index in [1.807, 2.05) is 6.07 Å². The summed E-state index contributed by atoms with van der Waals surface area (Å²) in [6.07, 6.45) is 6.24. The molecule has 0 aliphatic heterocycles. The molecule has 2 heteroatoms. The number of fused-ring (bicyclic) bond motifs is 3. The van der Waals surface area contributed by atoms with Crippen molar-refractivity contribution in [2.24, 2.45) is 11.3 Å². The second-order valence-corrected chi connectivity index (χ2v) is 7.09. The van der Waals surface area contributed by atoms with Crippen LogP contribution in [0.25, 0.3) is 0 Å². The van der Waals surface area contributed by atoms with E-state index < -0.39 is 0 Å². The Kier molecular flexibility index (Phi) is 2.56. The maximum atomic E-state index is 10.3. The summed E-state index contributed by atoms with van der Waals surface area (Å²) in [5, 5.41) is 20.0. The van der Waals surface area contributed by atoms with Gasteiger partial charge in [-0.3, -0.25) is 0 Å². The molecule has 0 unspecified atom stereocenters. The van der Waals surface area contributed by atoms with E-state index in [-0.39, 0.29) is 11.5 Å². The van der Waals surface area contributed by atoms with E-state index >= 15 is 0 Å². The molecular weight excluding hydrogens is 248 g/mol. The summed E-state index contributed by atoms with van der Waals surface area (Å²) < 4.78 is 0. The standard InChI is InChI=1S/C18H22O2/c1-18-7-6-12-8-13-9-14(19)3-2-11(13)10-15(12)16(18)4-5-17(18)20/h2-3,9,16-17,19-20H,4-8,10H2,1H3/t16-,17-,18-/m0/s1. The molecular formula is C18H22O2. The van der Waals surface area contributed by atoms with Crippen LogP contribution in [0.5, 0.6) is 5.75 Å². The minimum Gasteiger partial charge on any atom is -0.508 e. The molecule has 1 saturated carbocycles. The van der Waals surface area contributed by atoms with Crippen LogP contribution in [0.3, 0.4) is 0 Å². The fourth-order valence-corrected chi connectivity index (χ4v) is 4.79. The van der Waals surface area contributed by atoms with Gasteiger partial charge in [0.25, 0.3) is 0 Å². The van der Waals surface area contributed by atoms with Crippen molar-refractivity contribution in [2.75, 3.05) is 0 Å². The van der Waals surface area contributed by atoms with Gasteiger partial charge in [-0.25, -0.2) is 0 Å². The van der Waals surface area contributed by atoms with E-state index in [1.54, 1.807) is 17.2 Å². The zero-order valence-corrected chi connectivity index (χ0v) is 12.0. The highest BCUT2D eigenvalue weighted by Gasteiger charge is 2.50. The molecule has 0 aromatic heterocycles. The van der Waals surface area contributed by atoms with Crippen LogP contribution in [0.1, 0.15) is 43.7 Å². The summed E-state index contributed by atoms with van der Waals surface area (Å²) in [6, 6.07) is 5.80. The van der Waals surface area contributed by atoms with Crippen molar-refractivity contribution in [1.82, 2.24) is 0 Å². The van der Waals surface area contributed by atoms with Crippen LogP contribution in [0.4, 0.5) is 0 Å². The van der Waals surface area contributed by atoms with Crippen molar-refractivity contribution in [2.45, 2.75) is 51.6 Å². The Balaban J connectivity index is 1.74. The summed E-state index contributed by atoms with van der Waals surface area (Å²) in [4.78, 5) is 0. The number of aliphatic hydroxyl groups excluding tert-OH is 1. The normalized spacial score (nSPS) is 35.5. The number of aliphatic hydroxyl groups is 1. The van der Waals surface area contributed by atoms with Crippen molar-refractivity contribution in [3.63, 3.8) is 0 Å². The van der Waals surface area contributed by atoms with E-state index in [4.69, 9.17) is 0 Å². The summed E-state index contributed by atoms with van der Waals surface area (Å²) in [6.45, 7) is 2.28. The second kappa shape index (κ2) is 4.11. The third-order valence-electron chi connectivity index (χ3n) is 6.10. The summed E-state index contributed by atoms with van der Waals surface area (Å²) in [5.41, 5.74) is 5.96. The van der Waals surface area contributed by atoms with Crippen LogP contribution in [-0.4, -0.2) is 16.3 Å². The third-order valence-corrected chi connectivity index (χ3v) is 6.10. The van der Waals surface area contributed by atoms with Crippen molar-refractivity contribution >= 4 is 0 Å². The molecule has 0 spiro atoms. The summed E-state index contributed by atoms with van der Waals surface area (Å²) >= 11 is 0. The van der Waals surface area contributed by atoms with Gasteiger partial charge in [0.2, 0.25) is 0 Å². The smallest absolute Gasteiger partial charge is 0.115 e. The first-order chi connectivity index (χ1) is 9.58. The fraction of sp³-hybridized carbons (Fsp3) is 0.556. The molecule has 0 radical (unpaired) electrons. The second-order valence-electron chi connectivity index (χ2n) is 7.09. The Morgan fingerprint density at radius 3 is 2.85 bits per heavy atom. The molecule has 4 rings (SSSR count). The SMILES string of the molecule is C[C@]12CCC3=C(Cc4ccc(O)cc4C3)[C@@H]1CC[C@@H]2O. The first kappa shape index (κ1) is 12.5. The van der Waals surface area contributed by atoms with Crippen LogP contribution < -0.4 is 0 Å². The quantitative estimate of drug-likeness (QED) is 0.710. The Morgan fingerprint density at radius 2 is 2.00 bits per heavy atom. The Bertz CT molecular complexity index is 601. The zero-order valence-electron chi connectivity index (χ0n) is 12.0. The molecule has 3 aliphatic rings. The molecule has 3 atom stereocenters. The van der Waals surface area contributed by atoms with Gasteiger partial charge in [0.1, 0.15) is 5.75 Å². The number of hydrogen-bond acceptors (Lipinski definition) is 2. The first-order valence-corrected chi connectivity index (χ1v) is 7.77. The van der Waals surface area contributed by atoms with Gasteiger partial charge in [-0.05, 0) is 67.7 Å². The van der Waals surface area contributed by atoms with E-state index in [0.717, 1.165) is 38.5 Å². The van der Waals surface area contributed by atoms with Crippen LogP contribution >= 0.6 is 0 Å². The molecule has 106 valence electrons. The topological polar surface area (TPSA) is 40.5 Å². The molecule has 1 aromatic carbocycles. The maximum Gasteiger partial charge on any atom is 0.115 e. The van der Waals surface area contributed by atoms with Crippen molar-refractivity contribution in [3.05, 3.63) is 40.5 Å². The fourth-order valence-electron chi connectivity index (χ4n) is 4.79. The lowest BCUT2D eigenvalue weighted by molar-refractivity contribution is 0.0352. The van der Waals surface area contributed by atoms with Gasteiger partial charge >= 0.3 is 0 Å². The lowest BCUT2D eigenvalue weighted by Gasteiger charge is -2.43. The van der Waals surface area contributed by atoms with E-state index in [2.05, 4.69) is 13.0 Å². The highest BCUT2D eigenvalue weighted by atomic mass is 16.3. The molecule has 0 amide bonds. The molecule has 1 aromatic rings. The van der Waals surface area contributed by atoms with Crippen LogP contribution in [0, 0.1) is 11.3 Å². The summed E-state index contributed by atoms with van der Waals surface area (Å²) in [5.74, 6) is 0.952. The Morgan fingerprint density at radius 1 is 1.15 bits per heavy atom. The number of allylic oxidation sites excluding steroid dienone is 2. The molecule has 0 bridgehead atoms. The van der Waals surface area contributed by atoms with E-state index in [1.165, 1.54) is 11.1 Å². The van der Waals surface area contributed by atoms with Crippen molar-refractivity contribution in [1.29, 1.82) is 0 Å². The molecule has 2 nitrogen and oxygen atoms in total. The molecule has 3 aliphatic carbocycles. The average Bonchev–Trinajstić information content (AvgIpc) is 2.73. The van der Waals surface area contributed by atoms with Crippen LogP contribution in [0.15, 0.2) is 29.3 Å². The van der Waals surface area contributed by atoms with Crippen LogP contribution in [0.2, 0.25) is 0 Å². The van der Waals surface area contributed by atoms with Gasteiger partial charge in [0.05, 0.1) is 6.10 Å². The predicted octanol–water partition coefficient (Wildman–Crippen LogP) is 3.36. The number of phenolic OH excluding ortho intramolecular Hbond substituents is 1. The summed E-state index contributed by atoms with van der Waals surface area (Å²) in [7, 11) is 0. The Hall–Kier alpha value is -1.28. The number of rotatable bonds is 0. The monoisotopic (exact) mass is 270 g/mol. The molecule has 0 heterocycles. The zero-order chi connectivity index (χ0) is 13.9. The predicted molar refractivity (Wildman–Crippen MR) is 78.6 cm³/mol. The first-order valence-electron chi connectivity index (χ1n) is 7.77. The molecule has 0 saturated heterocycles. The van der Waals surface area contributed by atoms with Crippen LogP contribution in [-0.2, 0) is 12.8 Å². The highest BCUT2D eigenvalue weighted by molar-refractivity contribution is 5.46. The van der Waals surface area contributed by atoms with Crippen molar-refractivity contribution in [3.8, 4) is 5.75 Å². The van der Waals surface area contributed by atoms with Gasteiger partial charge < -0.3 is 10.2 Å². The van der Waals surface area contributed by atoms with Gasteiger partial charge in [0.15, 0.2) is 0 Å². The largest absolute Gasteiger partial charge is 0.508 e. The van der Waals surface area contributed by atoms with Gasteiger partial charge in [-0.1, -0.05) is 24.1 Å². The lowest BCUT2D eigenvalue weighted by atomic mass is 9.62. The maximum absolute atomic E-state index is 10.3. The number of phenols is 1. The Labute approximate surface area is 120 Å². The highest BCUT2D eigenvalue weighted by Crippen LogP contribution is 2.56. The number of hydrogen-bond donors (Lipinski definition) is 2. The van der Waals surface area contributed by atoms with Gasteiger partial charge in [-0.15, -0.1) is 0 Å². The lowest BCUT2D eigenvalue weighted by Crippen LogP contribution is -2.38. The molecule has 2 N–H and O–H groups in total. The minimum absolute atomic E-state index is 0.104. The average molecular weight is 270 g/mol. The minimum atomic E-state index is -0.122. The number of benzene rings is 1. The van der Waals surface area contributed by atoms with E-state index in [9.17, 15) is 10.2 Å². The van der Waals surface area contributed by atoms with Crippen molar-refractivity contribution < 1.29 is 10.2 Å².